The van der Waals surface area contributed by atoms with E-state index in [0.29, 0.717) is 12.2 Å². The van der Waals surface area contributed by atoms with E-state index < -0.39 is 0 Å². The number of hydrogen-bond acceptors (Lipinski definition) is 2. The number of hydrogen-bond donors (Lipinski definition) is 0. The van der Waals surface area contributed by atoms with E-state index in [2.05, 4.69) is 13.8 Å². The van der Waals surface area contributed by atoms with Crippen LogP contribution in [0.5, 0.6) is 0 Å². The second kappa shape index (κ2) is 4.84. The first-order valence-electron chi connectivity index (χ1n) is 6.60. The minimum absolute atomic E-state index is 0.199. The van der Waals surface area contributed by atoms with Crippen LogP contribution in [0.25, 0.3) is 0 Å². The number of rotatable bonds is 2. The molecule has 2 aliphatic rings. The molecule has 0 aromatic rings. The first-order chi connectivity index (χ1) is 7.24. The van der Waals surface area contributed by atoms with Crippen LogP contribution in [-0.2, 0) is 9.47 Å². The summed E-state index contributed by atoms with van der Waals surface area (Å²) in [5.74, 6) is -0.199. The molecule has 88 valence electrons. The van der Waals surface area contributed by atoms with Crippen LogP contribution in [0.3, 0.4) is 0 Å². The Morgan fingerprint density at radius 2 is 1.87 bits per heavy atom. The summed E-state index contributed by atoms with van der Waals surface area (Å²) in [7, 11) is 0. The van der Waals surface area contributed by atoms with E-state index in [1.54, 1.807) is 0 Å². The van der Waals surface area contributed by atoms with Crippen molar-refractivity contribution >= 4 is 0 Å². The van der Waals surface area contributed by atoms with Gasteiger partial charge in [-0.3, -0.25) is 0 Å². The Balaban J connectivity index is 1.94. The fraction of sp³-hybridized carbons (Fsp3) is 1.00. The summed E-state index contributed by atoms with van der Waals surface area (Å²) >= 11 is 0. The molecule has 1 spiro atoms. The minimum atomic E-state index is -0.199. The summed E-state index contributed by atoms with van der Waals surface area (Å²) in [6.45, 7) is 4.41. The van der Waals surface area contributed by atoms with E-state index in [0.717, 1.165) is 12.8 Å². The smallest absolute Gasteiger partial charge is 0.169 e. The maximum Gasteiger partial charge on any atom is 0.169 e. The topological polar surface area (TPSA) is 18.5 Å². The zero-order valence-corrected chi connectivity index (χ0v) is 10.1. The summed E-state index contributed by atoms with van der Waals surface area (Å²) in [5.41, 5.74) is 0. The molecule has 0 N–H and O–H groups in total. The van der Waals surface area contributed by atoms with Gasteiger partial charge in [0.15, 0.2) is 5.79 Å². The SMILES string of the molecule is CCC[C@H]1CCC[C@@]2(CCC[C@H](C)O2)O1. The molecule has 0 saturated carbocycles. The molecule has 2 saturated heterocycles. The zero-order valence-electron chi connectivity index (χ0n) is 10.1. The standard InChI is InChI=1S/C13H24O2/c1-3-6-12-8-5-10-13(15-12)9-4-7-11(2)14-13/h11-12H,3-10H2,1-2H3/t11-,12-,13+/m0/s1. The summed E-state index contributed by atoms with van der Waals surface area (Å²) in [6.07, 6.45) is 10.4. The van der Waals surface area contributed by atoms with Crippen LogP contribution in [0.4, 0.5) is 0 Å². The van der Waals surface area contributed by atoms with Crippen molar-refractivity contribution in [3.63, 3.8) is 0 Å². The summed E-state index contributed by atoms with van der Waals surface area (Å²) in [6, 6.07) is 0. The first kappa shape index (κ1) is 11.4. The van der Waals surface area contributed by atoms with E-state index >= 15 is 0 Å². The predicted molar refractivity (Wildman–Crippen MR) is 60.8 cm³/mol. The lowest BCUT2D eigenvalue weighted by Crippen LogP contribution is -2.47. The molecule has 2 nitrogen and oxygen atoms in total. The maximum atomic E-state index is 6.20. The van der Waals surface area contributed by atoms with Crippen LogP contribution < -0.4 is 0 Å². The predicted octanol–water partition coefficient (Wildman–Crippen LogP) is 3.64. The van der Waals surface area contributed by atoms with Gasteiger partial charge in [-0.05, 0) is 39.0 Å². The molecule has 2 rings (SSSR count). The van der Waals surface area contributed by atoms with Crippen molar-refractivity contribution in [3.05, 3.63) is 0 Å². The lowest BCUT2D eigenvalue weighted by atomic mass is 9.92. The highest BCUT2D eigenvalue weighted by Gasteiger charge is 2.41. The Morgan fingerprint density at radius 1 is 1.13 bits per heavy atom. The van der Waals surface area contributed by atoms with Gasteiger partial charge in [-0.15, -0.1) is 0 Å². The van der Waals surface area contributed by atoms with Crippen LogP contribution >= 0.6 is 0 Å². The van der Waals surface area contributed by atoms with Gasteiger partial charge in [0.25, 0.3) is 0 Å². The average molecular weight is 212 g/mol. The van der Waals surface area contributed by atoms with Crippen molar-refractivity contribution in [2.75, 3.05) is 0 Å². The highest BCUT2D eigenvalue weighted by atomic mass is 16.7. The molecule has 0 unspecified atom stereocenters. The molecule has 3 atom stereocenters. The Hall–Kier alpha value is -0.0800. The third-order valence-corrected chi connectivity index (χ3v) is 3.66. The molecule has 0 aromatic heterocycles. The van der Waals surface area contributed by atoms with Gasteiger partial charge >= 0.3 is 0 Å². The molecule has 0 aromatic carbocycles. The maximum absolute atomic E-state index is 6.20. The van der Waals surface area contributed by atoms with Crippen molar-refractivity contribution in [2.24, 2.45) is 0 Å². The summed E-state index contributed by atoms with van der Waals surface area (Å²) in [5, 5.41) is 0. The lowest BCUT2D eigenvalue weighted by Gasteiger charge is -2.45. The molecule has 0 amide bonds. The molecule has 2 heterocycles. The monoisotopic (exact) mass is 212 g/mol. The molecule has 15 heavy (non-hydrogen) atoms. The Bertz CT molecular complexity index is 199. The van der Waals surface area contributed by atoms with Crippen LogP contribution in [0.1, 0.15) is 65.2 Å². The van der Waals surface area contributed by atoms with Gasteiger partial charge in [0.05, 0.1) is 12.2 Å². The molecule has 2 aliphatic heterocycles. The van der Waals surface area contributed by atoms with E-state index in [-0.39, 0.29) is 5.79 Å². The van der Waals surface area contributed by atoms with Gasteiger partial charge in [-0.1, -0.05) is 13.3 Å². The first-order valence-corrected chi connectivity index (χ1v) is 6.60. The Kier molecular flexibility index (Phi) is 3.68. The van der Waals surface area contributed by atoms with Crippen LogP contribution in [-0.4, -0.2) is 18.0 Å². The van der Waals surface area contributed by atoms with Gasteiger partial charge < -0.3 is 9.47 Å². The second-order valence-corrected chi connectivity index (χ2v) is 5.15. The Morgan fingerprint density at radius 3 is 2.53 bits per heavy atom. The van der Waals surface area contributed by atoms with E-state index in [9.17, 15) is 0 Å². The van der Waals surface area contributed by atoms with E-state index in [4.69, 9.17) is 9.47 Å². The van der Waals surface area contributed by atoms with Gasteiger partial charge in [-0.2, -0.15) is 0 Å². The average Bonchev–Trinajstić information content (AvgIpc) is 2.17. The zero-order chi connectivity index (χ0) is 10.7. The van der Waals surface area contributed by atoms with Crippen molar-refractivity contribution in [1.82, 2.24) is 0 Å². The van der Waals surface area contributed by atoms with Crippen molar-refractivity contribution < 1.29 is 9.47 Å². The molecule has 2 heteroatoms. The molecular weight excluding hydrogens is 188 g/mol. The molecule has 2 fully saturated rings. The second-order valence-electron chi connectivity index (χ2n) is 5.15. The Labute approximate surface area is 93.3 Å². The highest BCUT2D eigenvalue weighted by molar-refractivity contribution is 4.82. The van der Waals surface area contributed by atoms with Gasteiger partial charge in [0.1, 0.15) is 0 Å². The largest absolute Gasteiger partial charge is 0.347 e. The fourth-order valence-corrected chi connectivity index (χ4v) is 2.96. The molecule has 0 bridgehead atoms. The third kappa shape index (κ3) is 2.73. The van der Waals surface area contributed by atoms with Crippen LogP contribution in [0, 0.1) is 0 Å². The lowest BCUT2D eigenvalue weighted by molar-refractivity contribution is -0.312. The van der Waals surface area contributed by atoms with E-state index in [1.165, 1.54) is 38.5 Å². The summed E-state index contributed by atoms with van der Waals surface area (Å²) in [4.78, 5) is 0. The van der Waals surface area contributed by atoms with Crippen molar-refractivity contribution in [3.8, 4) is 0 Å². The van der Waals surface area contributed by atoms with Crippen LogP contribution in [0.2, 0.25) is 0 Å². The van der Waals surface area contributed by atoms with Gasteiger partial charge in [0.2, 0.25) is 0 Å². The van der Waals surface area contributed by atoms with Crippen LogP contribution in [0.15, 0.2) is 0 Å². The van der Waals surface area contributed by atoms with E-state index in [1.807, 2.05) is 0 Å². The third-order valence-electron chi connectivity index (χ3n) is 3.66. The highest BCUT2D eigenvalue weighted by Crippen LogP contribution is 2.39. The van der Waals surface area contributed by atoms with Gasteiger partial charge in [-0.25, -0.2) is 0 Å². The van der Waals surface area contributed by atoms with Gasteiger partial charge in [0, 0.05) is 12.8 Å². The minimum Gasteiger partial charge on any atom is -0.347 e. The van der Waals surface area contributed by atoms with Crippen molar-refractivity contribution in [2.45, 2.75) is 83.2 Å². The quantitative estimate of drug-likeness (QED) is 0.695. The number of ether oxygens (including phenoxy) is 2. The normalized spacial score (nSPS) is 42.0. The summed E-state index contributed by atoms with van der Waals surface area (Å²) < 4.78 is 12.3. The molecule has 0 aliphatic carbocycles. The molecular formula is C13H24O2. The molecule has 0 radical (unpaired) electrons. The fourth-order valence-electron chi connectivity index (χ4n) is 2.96. The van der Waals surface area contributed by atoms with Crippen molar-refractivity contribution in [1.29, 1.82) is 0 Å².